The molecule has 0 bridgehead atoms. The monoisotopic (exact) mass is 166 g/mol. The van der Waals surface area contributed by atoms with Gasteiger partial charge >= 0.3 is 5.97 Å². The van der Waals surface area contributed by atoms with Crippen LogP contribution >= 0.6 is 11.6 Å². The number of halogens is 1. The maximum atomic E-state index is 10.1. The molecule has 0 aromatic carbocycles. The lowest BCUT2D eigenvalue weighted by Gasteiger charge is -1.85. The third kappa shape index (κ3) is 10.4. The highest BCUT2D eigenvalue weighted by Crippen LogP contribution is 1.84. The fourth-order valence-corrected chi connectivity index (χ4v) is 0.310. The number of ketones is 1. The molecule has 0 aromatic rings. The Morgan fingerprint density at radius 1 is 1.40 bits per heavy atom. The van der Waals surface area contributed by atoms with Crippen LogP contribution in [0.3, 0.4) is 0 Å². The van der Waals surface area contributed by atoms with Crippen molar-refractivity contribution in [2.45, 2.75) is 20.3 Å². The first kappa shape index (κ1) is 12.1. The lowest BCUT2D eigenvalue weighted by molar-refractivity contribution is -0.139. The van der Waals surface area contributed by atoms with E-state index in [0.717, 1.165) is 0 Å². The summed E-state index contributed by atoms with van der Waals surface area (Å²) in [7, 11) is 0. The lowest BCUT2D eigenvalue weighted by Crippen LogP contribution is -2.06. The van der Waals surface area contributed by atoms with Crippen molar-refractivity contribution in [2.75, 3.05) is 5.88 Å². The predicted molar refractivity (Wildman–Crippen MR) is 39.3 cm³/mol. The molecule has 0 fully saturated rings. The van der Waals surface area contributed by atoms with Crippen LogP contribution in [0.5, 0.6) is 0 Å². The number of alkyl halides is 1. The Morgan fingerprint density at radius 3 is 1.90 bits per heavy atom. The number of Topliss-reactive ketones (excluding diaryl/α,β-unsaturated/α-hetero) is 1. The Hall–Kier alpha value is -0.570. The second kappa shape index (κ2) is 8.43. The number of hydrogen-bond acceptors (Lipinski definition) is 2. The molecule has 0 aliphatic heterocycles. The fraction of sp³-hybridized carbons (Fsp3) is 0.667. The first-order valence-electron chi connectivity index (χ1n) is 2.96. The van der Waals surface area contributed by atoms with E-state index in [0.29, 0.717) is 0 Å². The van der Waals surface area contributed by atoms with Crippen molar-refractivity contribution in [1.82, 2.24) is 0 Å². The predicted octanol–water partition coefficient (Wildman–Crippen LogP) is 1.30. The van der Waals surface area contributed by atoms with E-state index in [1.807, 2.05) is 13.8 Å². The van der Waals surface area contributed by atoms with E-state index < -0.39 is 18.2 Å². The van der Waals surface area contributed by atoms with Gasteiger partial charge in [-0.15, -0.1) is 11.6 Å². The molecule has 0 saturated heterocycles. The molecule has 0 aliphatic carbocycles. The molecular formula is C6H11ClO3. The highest BCUT2D eigenvalue weighted by molar-refractivity contribution is 6.28. The highest BCUT2D eigenvalue weighted by Gasteiger charge is 2.03. The number of hydrogen-bond donors (Lipinski definition) is 1. The summed E-state index contributed by atoms with van der Waals surface area (Å²) in [5.74, 6) is -1.80. The lowest BCUT2D eigenvalue weighted by atomic mass is 10.3. The molecule has 10 heavy (non-hydrogen) atoms. The quantitative estimate of drug-likeness (QED) is 0.508. The number of carbonyl (C=O) groups excluding carboxylic acids is 1. The number of aliphatic carboxylic acids is 1. The van der Waals surface area contributed by atoms with Crippen molar-refractivity contribution in [3.63, 3.8) is 0 Å². The second-order valence-electron chi connectivity index (χ2n) is 1.24. The van der Waals surface area contributed by atoms with Gasteiger partial charge in [-0.3, -0.25) is 9.59 Å². The smallest absolute Gasteiger partial charge is 0.310 e. The van der Waals surface area contributed by atoms with Crippen molar-refractivity contribution in [1.29, 1.82) is 0 Å². The van der Waals surface area contributed by atoms with Gasteiger partial charge < -0.3 is 5.11 Å². The van der Waals surface area contributed by atoms with Crippen LogP contribution in [0.2, 0.25) is 0 Å². The molecule has 0 radical (unpaired) electrons. The Balaban J connectivity index is 0. The number of carboxylic acids is 1. The van der Waals surface area contributed by atoms with Crippen molar-refractivity contribution < 1.29 is 14.7 Å². The average Bonchev–Trinajstić information content (AvgIpc) is 1.91. The number of carboxylic acid groups (broad SMARTS) is 1. The minimum absolute atomic E-state index is 0.216. The normalized spacial score (nSPS) is 7.50. The van der Waals surface area contributed by atoms with E-state index in [9.17, 15) is 9.59 Å². The van der Waals surface area contributed by atoms with Crippen molar-refractivity contribution >= 4 is 23.4 Å². The molecular weight excluding hydrogens is 156 g/mol. The summed E-state index contributed by atoms with van der Waals surface area (Å²) in [5.41, 5.74) is 0. The maximum Gasteiger partial charge on any atom is 0.310 e. The van der Waals surface area contributed by atoms with E-state index in [1.54, 1.807) is 0 Å². The van der Waals surface area contributed by atoms with Crippen molar-refractivity contribution in [3.8, 4) is 0 Å². The van der Waals surface area contributed by atoms with E-state index in [-0.39, 0.29) is 5.88 Å². The number of carbonyl (C=O) groups is 2. The molecule has 0 aromatic heterocycles. The molecule has 60 valence electrons. The molecule has 0 rings (SSSR count). The molecule has 1 N–H and O–H groups in total. The van der Waals surface area contributed by atoms with Crippen molar-refractivity contribution in [3.05, 3.63) is 0 Å². The zero-order valence-electron chi connectivity index (χ0n) is 6.06. The molecule has 3 nitrogen and oxygen atoms in total. The maximum absolute atomic E-state index is 10.1. The first-order chi connectivity index (χ1) is 4.66. The summed E-state index contributed by atoms with van der Waals surface area (Å²) in [6.45, 7) is 4.00. The van der Waals surface area contributed by atoms with Gasteiger partial charge in [0.2, 0.25) is 0 Å². The molecule has 4 heteroatoms. The van der Waals surface area contributed by atoms with Gasteiger partial charge in [-0.05, 0) is 0 Å². The van der Waals surface area contributed by atoms with Gasteiger partial charge in [0.1, 0.15) is 6.42 Å². The summed E-state index contributed by atoms with van der Waals surface area (Å²) in [6, 6.07) is 0. The van der Waals surface area contributed by atoms with Gasteiger partial charge in [0.05, 0.1) is 5.88 Å². The summed E-state index contributed by atoms with van der Waals surface area (Å²) >= 11 is 4.98. The minimum atomic E-state index is -1.13. The molecule has 0 heterocycles. The van der Waals surface area contributed by atoms with Crippen molar-refractivity contribution in [2.24, 2.45) is 0 Å². The van der Waals surface area contributed by atoms with Gasteiger partial charge in [-0.1, -0.05) is 13.8 Å². The molecule has 0 unspecified atom stereocenters. The van der Waals surface area contributed by atoms with Gasteiger partial charge in [0, 0.05) is 0 Å². The van der Waals surface area contributed by atoms with Crippen LogP contribution in [0.15, 0.2) is 0 Å². The van der Waals surface area contributed by atoms with Gasteiger partial charge in [0.25, 0.3) is 0 Å². The summed E-state index contributed by atoms with van der Waals surface area (Å²) in [5, 5.41) is 7.94. The van der Waals surface area contributed by atoms with Crippen LogP contribution in [0.4, 0.5) is 0 Å². The van der Waals surface area contributed by atoms with Gasteiger partial charge in [0.15, 0.2) is 5.78 Å². The zero-order chi connectivity index (χ0) is 8.57. The van der Waals surface area contributed by atoms with E-state index in [1.165, 1.54) is 0 Å². The standard InChI is InChI=1S/C4H5ClO3.C2H6/c5-2-3(6)1-4(7)8;1-2/h1-2H2,(H,7,8);1-2H3. The molecule has 0 saturated carbocycles. The first-order valence-corrected chi connectivity index (χ1v) is 3.49. The zero-order valence-corrected chi connectivity index (χ0v) is 6.81. The summed E-state index contributed by atoms with van der Waals surface area (Å²) < 4.78 is 0. The minimum Gasteiger partial charge on any atom is -0.481 e. The molecule has 0 atom stereocenters. The van der Waals surface area contributed by atoms with E-state index in [2.05, 4.69) is 0 Å². The Morgan fingerprint density at radius 2 is 1.80 bits per heavy atom. The van der Waals surface area contributed by atoms with Crippen LogP contribution < -0.4 is 0 Å². The Labute approximate surface area is 65.0 Å². The topological polar surface area (TPSA) is 54.4 Å². The molecule has 0 aliphatic rings. The van der Waals surface area contributed by atoms with Crippen LogP contribution in [0.1, 0.15) is 20.3 Å². The number of rotatable bonds is 3. The van der Waals surface area contributed by atoms with Gasteiger partial charge in [-0.25, -0.2) is 0 Å². The summed E-state index contributed by atoms with van der Waals surface area (Å²) in [4.78, 5) is 19.8. The Bertz CT molecular complexity index is 112. The largest absolute Gasteiger partial charge is 0.481 e. The van der Waals surface area contributed by atoms with Crippen LogP contribution in [0.25, 0.3) is 0 Å². The fourth-order valence-electron chi connectivity index (χ4n) is 0.216. The Kier molecular flexibility index (Phi) is 10.2. The van der Waals surface area contributed by atoms with Crippen LogP contribution in [0, 0.1) is 0 Å². The van der Waals surface area contributed by atoms with Gasteiger partial charge in [-0.2, -0.15) is 0 Å². The molecule has 0 spiro atoms. The van der Waals surface area contributed by atoms with E-state index >= 15 is 0 Å². The van der Waals surface area contributed by atoms with Crippen LogP contribution in [-0.2, 0) is 9.59 Å². The van der Waals surface area contributed by atoms with Crippen LogP contribution in [-0.4, -0.2) is 22.7 Å². The SMILES string of the molecule is CC.O=C(O)CC(=O)CCl. The average molecular weight is 167 g/mol. The third-order valence-corrected chi connectivity index (χ3v) is 0.796. The van der Waals surface area contributed by atoms with E-state index in [4.69, 9.17) is 16.7 Å². The molecule has 0 amide bonds. The highest BCUT2D eigenvalue weighted by atomic mass is 35.5. The third-order valence-electron chi connectivity index (χ3n) is 0.497. The second-order valence-corrected chi connectivity index (χ2v) is 1.51. The summed E-state index contributed by atoms with van der Waals surface area (Å²) in [6.07, 6.45) is -0.469.